The van der Waals surface area contributed by atoms with Crippen LogP contribution in [0.2, 0.25) is 0 Å². The molecule has 0 spiro atoms. The molecule has 0 aromatic carbocycles. The monoisotopic (exact) mass is 162 g/mol. The van der Waals surface area contributed by atoms with Gasteiger partial charge in [0.2, 0.25) is 0 Å². The van der Waals surface area contributed by atoms with Gasteiger partial charge in [0, 0.05) is 6.20 Å². The topological polar surface area (TPSA) is 28.7 Å². The molecule has 1 N–H and O–H groups in total. The summed E-state index contributed by atoms with van der Waals surface area (Å²) in [5.74, 6) is 2.85. The minimum atomic E-state index is 0.836. The van der Waals surface area contributed by atoms with E-state index >= 15 is 0 Å². The molecule has 0 amide bonds. The Balaban J connectivity index is 1.87. The van der Waals surface area contributed by atoms with Gasteiger partial charge in [0.1, 0.15) is 0 Å². The zero-order valence-electron chi connectivity index (χ0n) is 7.16. The molecule has 2 nitrogen and oxygen atoms in total. The summed E-state index contributed by atoms with van der Waals surface area (Å²) in [6.07, 6.45) is 9.93. The van der Waals surface area contributed by atoms with Gasteiger partial charge >= 0.3 is 0 Å². The standard InChI is InChI=1S/C10H14N2/c1-2-8-3-7(1)4-10(8)9-5-11-12-6-9/h5-8,10H,1-4H2,(H,11,12). The summed E-state index contributed by atoms with van der Waals surface area (Å²) in [5.41, 5.74) is 1.45. The molecule has 2 heteroatoms. The molecular formula is C10H14N2. The molecule has 0 aliphatic heterocycles. The molecule has 0 saturated heterocycles. The van der Waals surface area contributed by atoms with Gasteiger partial charge in [-0.05, 0) is 42.6 Å². The quantitative estimate of drug-likeness (QED) is 0.674. The lowest BCUT2D eigenvalue weighted by molar-refractivity contribution is 0.420. The molecule has 2 bridgehead atoms. The predicted molar refractivity (Wildman–Crippen MR) is 46.8 cm³/mol. The van der Waals surface area contributed by atoms with E-state index < -0.39 is 0 Å². The highest BCUT2D eigenvalue weighted by Gasteiger charge is 2.40. The smallest absolute Gasteiger partial charge is 0.0522 e. The Labute approximate surface area is 72.4 Å². The Hall–Kier alpha value is -0.790. The summed E-state index contributed by atoms with van der Waals surface area (Å²) in [6.45, 7) is 0. The van der Waals surface area contributed by atoms with Crippen LogP contribution in [0.5, 0.6) is 0 Å². The molecule has 2 aliphatic rings. The second-order valence-electron chi connectivity index (χ2n) is 4.31. The molecule has 2 saturated carbocycles. The van der Waals surface area contributed by atoms with Crippen molar-refractivity contribution in [2.24, 2.45) is 11.8 Å². The van der Waals surface area contributed by atoms with Gasteiger partial charge in [0.25, 0.3) is 0 Å². The number of nitrogens with zero attached hydrogens (tertiary/aromatic N) is 1. The molecule has 3 unspecified atom stereocenters. The van der Waals surface area contributed by atoms with E-state index in [1.807, 2.05) is 6.20 Å². The fraction of sp³-hybridized carbons (Fsp3) is 0.700. The molecule has 2 fully saturated rings. The summed E-state index contributed by atoms with van der Waals surface area (Å²) < 4.78 is 0. The number of rotatable bonds is 1. The summed E-state index contributed by atoms with van der Waals surface area (Å²) in [5, 5.41) is 6.94. The third-order valence-corrected chi connectivity index (χ3v) is 3.69. The highest BCUT2D eigenvalue weighted by Crippen LogP contribution is 2.52. The Morgan fingerprint density at radius 1 is 1.33 bits per heavy atom. The van der Waals surface area contributed by atoms with Crippen molar-refractivity contribution >= 4 is 0 Å². The van der Waals surface area contributed by atoms with Crippen molar-refractivity contribution in [1.29, 1.82) is 0 Å². The number of fused-ring (bicyclic) bond motifs is 2. The summed E-state index contributed by atoms with van der Waals surface area (Å²) in [4.78, 5) is 0. The van der Waals surface area contributed by atoms with Crippen LogP contribution in [0.25, 0.3) is 0 Å². The van der Waals surface area contributed by atoms with E-state index in [1.165, 1.54) is 31.2 Å². The normalized spacial score (nSPS) is 39.2. The second kappa shape index (κ2) is 2.35. The van der Waals surface area contributed by atoms with E-state index in [-0.39, 0.29) is 0 Å². The third-order valence-electron chi connectivity index (χ3n) is 3.69. The fourth-order valence-corrected chi connectivity index (χ4v) is 3.12. The first-order valence-electron chi connectivity index (χ1n) is 4.92. The lowest BCUT2D eigenvalue weighted by atomic mass is 9.85. The average Bonchev–Trinajstić information content (AvgIpc) is 2.81. The van der Waals surface area contributed by atoms with Crippen LogP contribution in [-0.4, -0.2) is 10.2 Å². The van der Waals surface area contributed by atoms with Crippen molar-refractivity contribution in [3.05, 3.63) is 18.0 Å². The Morgan fingerprint density at radius 2 is 2.33 bits per heavy atom. The average molecular weight is 162 g/mol. The number of aromatic amines is 1. The van der Waals surface area contributed by atoms with Crippen molar-refractivity contribution in [3.8, 4) is 0 Å². The van der Waals surface area contributed by atoms with Crippen LogP contribution >= 0.6 is 0 Å². The van der Waals surface area contributed by atoms with Crippen LogP contribution in [0, 0.1) is 11.8 Å². The predicted octanol–water partition coefficient (Wildman–Crippen LogP) is 2.31. The number of aromatic nitrogens is 2. The van der Waals surface area contributed by atoms with Gasteiger partial charge in [-0.3, -0.25) is 5.10 Å². The first kappa shape index (κ1) is 6.70. The molecule has 1 heterocycles. The molecule has 1 aromatic heterocycles. The van der Waals surface area contributed by atoms with Crippen molar-refractivity contribution < 1.29 is 0 Å². The Morgan fingerprint density at radius 3 is 2.92 bits per heavy atom. The second-order valence-corrected chi connectivity index (χ2v) is 4.31. The van der Waals surface area contributed by atoms with E-state index in [0.29, 0.717) is 0 Å². The van der Waals surface area contributed by atoms with E-state index in [4.69, 9.17) is 0 Å². The number of nitrogens with one attached hydrogen (secondary N) is 1. The van der Waals surface area contributed by atoms with Crippen LogP contribution in [-0.2, 0) is 0 Å². The molecule has 3 rings (SSSR count). The maximum atomic E-state index is 4.03. The number of hydrogen-bond acceptors (Lipinski definition) is 1. The maximum absolute atomic E-state index is 4.03. The van der Waals surface area contributed by atoms with Crippen molar-refractivity contribution in [2.75, 3.05) is 0 Å². The van der Waals surface area contributed by atoms with Crippen molar-refractivity contribution in [1.82, 2.24) is 10.2 Å². The summed E-state index contributed by atoms with van der Waals surface area (Å²) in [7, 11) is 0. The van der Waals surface area contributed by atoms with Gasteiger partial charge < -0.3 is 0 Å². The van der Waals surface area contributed by atoms with Crippen molar-refractivity contribution in [3.63, 3.8) is 0 Å². The largest absolute Gasteiger partial charge is 0.285 e. The van der Waals surface area contributed by atoms with E-state index in [2.05, 4.69) is 16.4 Å². The molecule has 3 atom stereocenters. The van der Waals surface area contributed by atoms with E-state index in [1.54, 1.807) is 0 Å². The van der Waals surface area contributed by atoms with Gasteiger partial charge in [-0.15, -0.1) is 0 Å². The van der Waals surface area contributed by atoms with Gasteiger partial charge in [0.15, 0.2) is 0 Å². The minimum Gasteiger partial charge on any atom is -0.285 e. The lowest BCUT2D eigenvalue weighted by Crippen LogP contribution is -2.07. The van der Waals surface area contributed by atoms with Crippen LogP contribution in [0.15, 0.2) is 12.4 Å². The van der Waals surface area contributed by atoms with Gasteiger partial charge in [0.05, 0.1) is 6.20 Å². The zero-order valence-corrected chi connectivity index (χ0v) is 7.16. The van der Waals surface area contributed by atoms with Gasteiger partial charge in [-0.2, -0.15) is 5.10 Å². The lowest BCUT2D eigenvalue weighted by Gasteiger charge is -2.19. The third kappa shape index (κ3) is 0.838. The molecule has 12 heavy (non-hydrogen) atoms. The van der Waals surface area contributed by atoms with Gasteiger partial charge in [-0.25, -0.2) is 0 Å². The van der Waals surface area contributed by atoms with Crippen LogP contribution in [0.1, 0.15) is 37.2 Å². The number of hydrogen-bond donors (Lipinski definition) is 1. The highest BCUT2D eigenvalue weighted by atomic mass is 15.1. The van der Waals surface area contributed by atoms with Gasteiger partial charge in [-0.1, -0.05) is 6.42 Å². The summed E-state index contributed by atoms with van der Waals surface area (Å²) >= 11 is 0. The molecule has 0 radical (unpaired) electrons. The molecular weight excluding hydrogens is 148 g/mol. The minimum absolute atomic E-state index is 0.836. The fourth-order valence-electron chi connectivity index (χ4n) is 3.12. The summed E-state index contributed by atoms with van der Waals surface area (Å²) in [6, 6.07) is 0. The highest BCUT2D eigenvalue weighted by molar-refractivity contribution is 5.16. The van der Waals surface area contributed by atoms with E-state index in [0.717, 1.165) is 17.8 Å². The van der Waals surface area contributed by atoms with Crippen LogP contribution in [0.3, 0.4) is 0 Å². The van der Waals surface area contributed by atoms with E-state index in [9.17, 15) is 0 Å². The zero-order chi connectivity index (χ0) is 7.97. The Bertz CT molecular complexity index is 265. The SMILES string of the molecule is c1n[nH]cc1C1CC2CCC1C2. The van der Waals surface area contributed by atoms with Crippen LogP contribution < -0.4 is 0 Å². The Kier molecular flexibility index (Phi) is 1.31. The van der Waals surface area contributed by atoms with Crippen molar-refractivity contribution in [2.45, 2.75) is 31.6 Å². The van der Waals surface area contributed by atoms with Crippen LogP contribution in [0.4, 0.5) is 0 Å². The first-order valence-corrected chi connectivity index (χ1v) is 4.92. The first-order chi connectivity index (χ1) is 5.93. The number of H-pyrrole nitrogens is 1. The molecule has 1 aromatic rings. The molecule has 2 aliphatic carbocycles. The maximum Gasteiger partial charge on any atom is 0.0522 e. The molecule has 64 valence electrons.